The zero-order valence-electron chi connectivity index (χ0n) is 14.6. The van der Waals surface area contributed by atoms with E-state index in [1.54, 1.807) is 6.92 Å². The number of carbonyl (C=O) groups excluding carboxylic acids is 1. The average Bonchev–Trinajstić information content (AvgIpc) is 2.64. The summed E-state index contributed by atoms with van der Waals surface area (Å²) in [5.41, 5.74) is -0.899. The molecule has 1 saturated heterocycles. The largest absolute Gasteiger partial charge is 0.461 e. The third-order valence-electron chi connectivity index (χ3n) is 4.38. The number of carbonyl (C=O) groups is 1. The van der Waals surface area contributed by atoms with Crippen LogP contribution in [0.2, 0.25) is 0 Å². The Hall–Kier alpha value is -2.71. The summed E-state index contributed by atoms with van der Waals surface area (Å²) in [4.78, 5) is 47.6. The van der Waals surface area contributed by atoms with E-state index in [1.165, 1.54) is 18.7 Å². The lowest BCUT2D eigenvalue weighted by Crippen LogP contribution is -2.39. The molecule has 1 fully saturated rings. The Kier molecular flexibility index (Phi) is 4.56. The monoisotopic (exact) mass is 347 g/mol. The first kappa shape index (κ1) is 17.1. The minimum atomic E-state index is -0.617. The number of hydrogen-bond donors (Lipinski definition) is 0. The van der Waals surface area contributed by atoms with Crippen molar-refractivity contribution in [3.63, 3.8) is 0 Å². The highest BCUT2D eigenvalue weighted by molar-refractivity contribution is 5.95. The Labute approximate surface area is 143 Å². The molecule has 0 aliphatic carbocycles. The Morgan fingerprint density at radius 2 is 1.76 bits per heavy atom. The molecule has 0 aromatic carbocycles. The van der Waals surface area contributed by atoms with Crippen LogP contribution in [0.5, 0.6) is 0 Å². The molecule has 9 nitrogen and oxygen atoms in total. The lowest BCUT2D eigenvalue weighted by Gasteiger charge is -2.28. The van der Waals surface area contributed by atoms with Crippen molar-refractivity contribution < 1.29 is 9.53 Å². The van der Waals surface area contributed by atoms with E-state index in [-0.39, 0.29) is 23.5 Å². The van der Waals surface area contributed by atoms with Crippen molar-refractivity contribution in [3.05, 3.63) is 26.5 Å². The van der Waals surface area contributed by atoms with Crippen LogP contribution in [0.15, 0.2) is 9.59 Å². The Bertz CT molecular complexity index is 940. The molecule has 1 aliphatic heterocycles. The predicted molar refractivity (Wildman–Crippen MR) is 92.0 cm³/mol. The van der Waals surface area contributed by atoms with E-state index >= 15 is 0 Å². The van der Waals surface area contributed by atoms with E-state index < -0.39 is 17.2 Å². The highest BCUT2D eigenvalue weighted by atomic mass is 16.5. The first-order valence-electron chi connectivity index (χ1n) is 8.35. The van der Waals surface area contributed by atoms with Crippen LogP contribution >= 0.6 is 0 Å². The maximum atomic E-state index is 12.4. The molecular formula is C16H21N5O4. The van der Waals surface area contributed by atoms with Crippen molar-refractivity contribution in [1.29, 1.82) is 0 Å². The van der Waals surface area contributed by atoms with E-state index in [9.17, 15) is 14.4 Å². The summed E-state index contributed by atoms with van der Waals surface area (Å²) in [7, 11) is 2.90. The smallest absolute Gasteiger partial charge is 0.360 e. The molecule has 134 valence electrons. The quantitative estimate of drug-likeness (QED) is 0.731. The van der Waals surface area contributed by atoms with Gasteiger partial charge in [0, 0.05) is 27.2 Å². The fourth-order valence-electron chi connectivity index (χ4n) is 3.02. The summed E-state index contributed by atoms with van der Waals surface area (Å²) in [6.45, 7) is 3.38. The summed E-state index contributed by atoms with van der Waals surface area (Å²) >= 11 is 0. The highest BCUT2D eigenvalue weighted by Crippen LogP contribution is 2.23. The van der Waals surface area contributed by atoms with Crippen molar-refractivity contribution in [2.24, 2.45) is 14.1 Å². The Morgan fingerprint density at radius 1 is 1.08 bits per heavy atom. The second kappa shape index (κ2) is 6.66. The fourth-order valence-corrected chi connectivity index (χ4v) is 3.02. The number of anilines is 1. The summed E-state index contributed by atoms with van der Waals surface area (Å²) < 4.78 is 7.31. The third-order valence-corrected chi connectivity index (χ3v) is 4.38. The van der Waals surface area contributed by atoms with Crippen molar-refractivity contribution in [2.75, 3.05) is 24.6 Å². The topological polar surface area (TPSA) is 99.3 Å². The summed E-state index contributed by atoms with van der Waals surface area (Å²) in [5.74, 6) is -0.248. The Morgan fingerprint density at radius 3 is 2.40 bits per heavy atom. The normalized spacial score (nSPS) is 14.8. The number of aryl methyl sites for hydroxylation is 1. The van der Waals surface area contributed by atoms with Gasteiger partial charge in [0.15, 0.2) is 22.7 Å². The SMILES string of the molecule is CCOC(=O)c1nc2c(=O)n(C)c(=O)n(C)c2nc1N1CCCCC1. The zero-order chi connectivity index (χ0) is 18.1. The first-order valence-corrected chi connectivity index (χ1v) is 8.35. The molecule has 0 saturated carbocycles. The summed E-state index contributed by atoms with van der Waals surface area (Å²) in [6.07, 6.45) is 3.08. The molecule has 0 bridgehead atoms. The molecule has 0 amide bonds. The number of esters is 1. The van der Waals surface area contributed by atoms with E-state index in [2.05, 4.69) is 9.97 Å². The maximum absolute atomic E-state index is 12.4. The number of piperidine rings is 1. The van der Waals surface area contributed by atoms with Gasteiger partial charge in [-0.25, -0.2) is 19.6 Å². The number of fused-ring (bicyclic) bond motifs is 1. The second-order valence-electron chi connectivity index (χ2n) is 6.04. The minimum Gasteiger partial charge on any atom is -0.461 e. The van der Waals surface area contributed by atoms with E-state index in [0.29, 0.717) is 5.82 Å². The van der Waals surface area contributed by atoms with Crippen LogP contribution in [0.25, 0.3) is 11.2 Å². The van der Waals surface area contributed by atoms with Crippen LogP contribution in [-0.2, 0) is 18.8 Å². The van der Waals surface area contributed by atoms with Crippen LogP contribution in [0.3, 0.4) is 0 Å². The number of ether oxygens (including phenoxy) is 1. The van der Waals surface area contributed by atoms with Gasteiger partial charge in [-0.1, -0.05) is 0 Å². The van der Waals surface area contributed by atoms with E-state index in [1.807, 2.05) is 4.90 Å². The van der Waals surface area contributed by atoms with Crippen LogP contribution < -0.4 is 16.1 Å². The van der Waals surface area contributed by atoms with Gasteiger partial charge in [-0.2, -0.15) is 0 Å². The molecule has 25 heavy (non-hydrogen) atoms. The summed E-state index contributed by atoms with van der Waals surface area (Å²) in [5, 5.41) is 0. The molecule has 1 aliphatic rings. The van der Waals surface area contributed by atoms with E-state index in [4.69, 9.17) is 4.74 Å². The van der Waals surface area contributed by atoms with Gasteiger partial charge in [-0.05, 0) is 26.2 Å². The number of rotatable bonds is 3. The molecule has 3 heterocycles. The minimum absolute atomic E-state index is 0.0200. The molecule has 3 rings (SSSR count). The second-order valence-corrected chi connectivity index (χ2v) is 6.04. The van der Waals surface area contributed by atoms with Crippen molar-refractivity contribution in [3.8, 4) is 0 Å². The van der Waals surface area contributed by atoms with Crippen molar-refractivity contribution >= 4 is 23.0 Å². The molecule has 9 heteroatoms. The van der Waals surface area contributed by atoms with Gasteiger partial charge in [-0.15, -0.1) is 0 Å². The first-order chi connectivity index (χ1) is 12.0. The Balaban J connectivity index is 2.31. The van der Waals surface area contributed by atoms with E-state index in [0.717, 1.165) is 36.9 Å². The van der Waals surface area contributed by atoms with Crippen LogP contribution in [-0.4, -0.2) is 44.8 Å². The van der Waals surface area contributed by atoms with Crippen molar-refractivity contribution in [2.45, 2.75) is 26.2 Å². The maximum Gasteiger partial charge on any atom is 0.360 e. The standard InChI is InChI=1S/C16H21N5O4/c1-4-25-15(23)11-13(21-8-6-5-7-9-21)18-12-10(17-11)14(22)20(3)16(24)19(12)2/h4-9H2,1-3H3. The zero-order valence-corrected chi connectivity index (χ0v) is 14.6. The summed E-state index contributed by atoms with van der Waals surface area (Å²) in [6, 6.07) is 0. The number of nitrogens with zero attached hydrogens (tertiary/aromatic N) is 5. The van der Waals surface area contributed by atoms with Gasteiger partial charge >= 0.3 is 11.7 Å². The predicted octanol–water partition coefficient (Wildman–Crippen LogP) is 0.194. The number of hydrogen-bond acceptors (Lipinski definition) is 7. The molecule has 0 atom stereocenters. The van der Waals surface area contributed by atoms with Crippen LogP contribution in [0.1, 0.15) is 36.7 Å². The molecular weight excluding hydrogens is 326 g/mol. The van der Waals surface area contributed by atoms with Gasteiger partial charge in [0.05, 0.1) is 6.61 Å². The average molecular weight is 347 g/mol. The molecule has 0 spiro atoms. The highest BCUT2D eigenvalue weighted by Gasteiger charge is 2.25. The molecule has 2 aromatic heterocycles. The number of aromatic nitrogens is 4. The molecule has 0 radical (unpaired) electrons. The van der Waals surface area contributed by atoms with Crippen LogP contribution in [0.4, 0.5) is 5.82 Å². The molecule has 0 N–H and O–H groups in total. The lowest BCUT2D eigenvalue weighted by molar-refractivity contribution is 0.0520. The van der Waals surface area contributed by atoms with Gasteiger partial charge in [0.25, 0.3) is 5.56 Å². The lowest BCUT2D eigenvalue weighted by atomic mass is 10.1. The third kappa shape index (κ3) is 2.90. The fraction of sp³-hybridized carbons (Fsp3) is 0.562. The van der Waals surface area contributed by atoms with Crippen LogP contribution in [0, 0.1) is 0 Å². The van der Waals surface area contributed by atoms with Gasteiger partial charge in [-0.3, -0.25) is 13.9 Å². The van der Waals surface area contributed by atoms with Gasteiger partial charge in [0.1, 0.15) is 0 Å². The molecule has 2 aromatic rings. The van der Waals surface area contributed by atoms with Gasteiger partial charge in [0.2, 0.25) is 0 Å². The van der Waals surface area contributed by atoms with Gasteiger partial charge < -0.3 is 9.64 Å². The molecule has 0 unspecified atom stereocenters. The van der Waals surface area contributed by atoms with Crippen molar-refractivity contribution in [1.82, 2.24) is 19.1 Å².